The highest BCUT2D eigenvalue weighted by atomic mass is 35.5. The van der Waals surface area contributed by atoms with E-state index in [4.69, 9.17) is 27.7 Å². The lowest BCUT2D eigenvalue weighted by molar-refractivity contribution is 0.397. The van der Waals surface area contributed by atoms with E-state index in [1.54, 1.807) is 31.2 Å². The van der Waals surface area contributed by atoms with Crippen molar-refractivity contribution >= 4 is 35.0 Å². The van der Waals surface area contributed by atoms with Crippen LogP contribution in [0.4, 0.5) is 0 Å². The van der Waals surface area contributed by atoms with Gasteiger partial charge in [0.1, 0.15) is 11.5 Å². The van der Waals surface area contributed by atoms with Gasteiger partial charge in [0.05, 0.1) is 27.4 Å². The first kappa shape index (κ1) is 21.5. The van der Waals surface area contributed by atoms with Gasteiger partial charge in [-0.3, -0.25) is 9.36 Å². The number of H-pyrrole nitrogens is 1. The Labute approximate surface area is 191 Å². The molecule has 1 N–H and O–H groups in total. The third kappa shape index (κ3) is 4.63. The van der Waals surface area contributed by atoms with Crippen LogP contribution in [0, 0.1) is 6.92 Å². The molecule has 0 saturated carbocycles. The Bertz CT molecular complexity index is 1330. The van der Waals surface area contributed by atoms with Gasteiger partial charge in [-0.15, -0.1) is 0 Å². The monoisotopic (exact) mass is 473 g/mol. The molecular weight excluding hydrogens is 457 g/mol. The minimum atomic E-state index is -0.455. The SMILES string of the molecule is Cc1c(SCc2cc(-c3c(Cl)cccc3Cl)no2)[nH]c(=O)n(Cc2ccccc2)c1=O. The van der Waals surface area contributed by atoms with Crippen molar-refractivity contribution < 1.29 is 4.52 Å². The normalized spacial score (nSPS) is 11.1. The van der Waals surface area contributed by atoms with Crippen LogP contribution >= 0.6 is 35.0 Å². The zero-order chi connectivity index (χ0) is 22.0. The smallest absolute Gasteiger partial charge is 0.329 e. The van der Waals surface area contributed by atoms with Gasteiger partial charge in [0.25, 0.3) is 5.56 Å². The molecule has 9 heteroatoms. The fourth-order valence-electron chi connectivity index (χ4n) is 3.09. The third-order valence-electron chi connectivity index (χ3n) is 4.69. The predicted octanol–water partition coefficient (Wildman–Crippen LogP) is 5.15. The van der Waals surface area contributed by atoms with Crippen molar-refractivity contribution in [2.75, 3.05) is 0 Å². The zero-order valence-corrected chi connectivity index (χ0v) is 18.7. The fourth-order valence-corrected chi connectivity index (χ4v) is 4.57. The molecular formula is C22H17Cl2N3O3S. The van der Waals surface area contributed by atoms with Gasteiger partial charge in [-0.2, -0.15) is 0 Å². The van der Waals surface area contributed by atoms with E-state index in [-0.39, 0.29) is 12.1 Å². The Balaban J connectivity index is 1.54. The summed E-state index contributed by atoms with van der Waals surface area (Å²) >= 11 is 13.7. The molecule has 31 heavy (non-hydrogen) atoms. The van der Waals surface area contributed by atoms with Crippen LogP contribution in [0.2, 0.25) is 10.0 Å². The number of hydrogen-bond donors (Lipinski definition) is 1. The van der Waals surface area contributed by atoms with Crippen LogP contribution < -0.4 is 11.2 Å². The fraction of sp³-hybridized carbons (Fsp3) is 0.136. The van der Waals surface area contributed by atoms with Crippen molar-refractivity contribution in [3.05, 3.63) is 102 Å². The Morgan fingerprint density at radius 1 is 1.06 bits per heavy atom. The van der Waals surface area contributed by atoms with Gasteiger partial charge < -0.3 is 9.51 Å². The molecule has 158 valence electrons. The van der Waals surface area contributed by atoms with Gasteiger partial charge in [-0.05, 0) is 24.6 Å². The largest absolute Gasteiger partial charge is 0.360 e. The summed E-state index contributed by atoms with van der Waals surface area (Å²) < 4.78 is 6.59. The van der Waals surface area contributed by atoms with Crippen molar-refractivity contribution in [3.8, 4) is 11.3 Å². The van der Waals surface area contributed by atoms with Crippen LogP contribution in [-0.2, 0) is 12.3 Å². The highest BCUT2D eigenvalue weighted by Crippen LogP contribution is 2.34. The van der Waals surface area contributed by atoms with Crippen LogP contribution in [0.15, 0.2) is 73.7 Å². The first-order valence-corrected chi connectivity index (χ1v) is 11.1. The molecule has 0 bridgehead atoms. The van der Waals surface area contributed by atoms with E-state index in [1.807, 2.05) is 30.3 Å². The minimum absolute atomic E-state index is 0.213. The predicted molar refractivity (Wildman–Crippen MR) is 123 cm³/mol. The van der Waals surface area contributed by atoms with Gasteiger partial charge >= 0.3 is 5.69 Å². The van der Waals surface area contributed by atoms with E-state index in [0.29, 0.717) is 43.4 Å². The van der Waals surface area contributed by atoms with E-state index in [0.717, 1.165) is 5.56 Å². The van der Waals surface area contributed by atoms with Crippen molar-refractivity contribution in [2.45, 2.75) is 24.2 Å². The Morgan fingerprint density at radius 3 is 2.48 bits per heavy atom. The first-order chi connectivity index (χ1) is 14.9. The topological polar surface area (TPSA) is 80.9 Å². The molecule has 0 aliphatic rings. The lowest BCUT2D eigenvalue weighted by Crippen LogP contribution is -2.37. The molecule has 2 aromatic heterocycles. The maximum Gasteiger partial charge on any atom is 0.329 e. The van der Waals surface area contributed by atoms with Crippen LogP contribution in [0.3, 0.4) is 0 Å². The maximum absolute atomic E-state index is 12.8. The number of thioether (sulfide) groups is 1. The molecule has 0 atom stereocenters. The van der Waals surface area contributed by atoms with Crippen LogP contribution in [-0.4, -0.2) is 14.7 Å². The molecule has 4 aromatic rings. The zero-order valence-electron chi connectivity index (χ0n) is 16.4. The molecule has 2 heterocycles. The van der Waals surface area contributed by atoms with Gasteiger partial charge in [0.2, 0.25) is 0 Å². The number of aromatic nitrogens is 3. The summed E-state index contributed by atoms with van der Waals surface area (Å²) in [5.41, 5.74) is 1.68. The molecule has 0 fully saturated rings. The van der Waals surface area contributed by atoms with E-state index in [1.165, 1.54) is 16.3 Å². The molecule has 6 nitrogen and oxygen atoms in total. The van der Waals surface area contributed by atoms with E-state index >= 15 is 0 Å². The van der Waals surface area contributed by atoms with Gasteiger partial charge in [0, 0.05) is 17.2 Å². The molecule has 0 aliphatic carbocycles. The summed E-state index contributed by atoms with van der Waals surface area (Å²) in [4.78, 5) is 28.1. The summed E-state index contributed by atoms with van der Waals surface area (Å²) in [6.07, 6.45) is 0. The number of hydrogen-bond acceptors (Lipinski definition) is 5. The number of aromatic amines is 1. The number of nitrogens with one attached hydrogen (secondary N) is 1. The number of nitrogens with zero attached hydrogens (tertiary/aromatic N) is 2. The number of benzene rings is 2. The van der Waals surface area contributed by atoms with Crippen LogP contribution in [0.5, 0.6) is 0 Å². The molecule has 4 rings (SSSR count). The first-order valence-electron chi connectivity index (χ1n) is 9.34. The molecule has 0 spiro atoms. The molecule has 0 unspecified atom stereocenters. The Hall–Kier alpha value is -2.74. The van der Waals surface area contributed by atoms with Gasteiger partial charge in [0.15, 0.2) is 0 Å². The number of rotatable bonds is 6. The summed E-state index contributed by atoms with van der Waals surface area (Å²) in [5, 5.41) is 5.49. The lowest BCUT2D eigenvalue weighted by Gasteiger charge is -2.09. The third-order valence-corrected chi connectivity index (χ3v) is 6.45. The molecule has 0 radical (unpaired) electrons. The molecule has 0 aliphatic heterocycles. The summed E-state index contributed by atoms with van der Waals surface area (Å²) in [6, 6.07) is 16.3. The average Bonchev–Trinajstić information content (AvgIpc) is 3.22. The van der Waals surface area contributed by atoms with Crippen LogP contribution in [0.25, 0.3) is 11.3 Å². The number of halogens is 2. The summed E-state index contributed by atoms with van der Waals surface area (Å²) in [5.74, 6) is 0.929. The maximum atomic E-state index is 12.8. The second-order valence-electron chi connectivity index (χ2n) is 6.82. The molecule has 0 saturated heterocycles. The van der Waals surface area contributed by atoms with E-state index in [9.17, 15) is 9.59 Å². The van der Waals surface area contributed by atoms with Gasteiger partial charge in [-0.25, -0.2) is 4.79 Å². The Morgan fingerprint density at radius 2 is 1.77 bits per heavy atom. The quantitative estimate of drug-likeness (QED) is 0.309. The molecule has 2 aromatic carbocycles. The summed E-state index contributed by atoms with van der Waals surface area (Å²) in [6.45, 7) is 1.91. The van der Waals surface area contributed by atoms with E-state index < -0.39 is 5.69 Å². The standard InChI is InChI=1S/C22H17Cl2N3O3S/c1-13-20(25-22(29)27(21(13)28)11-14-6-3-2-4-7-14)31-12-15-10-18(26-30-15)19-16(23)8-5-9-17(19)24/h2-10H,11-12H2,1H3,(H,25,29). The highest BCUT2D eigenvalue weighted by molar-refractivity contribution is 7.98. The minimum Gasteiger partial charge on any atom is -0.360 e. The second kappa shape index (κ2) is 9.18. The molecule has 0 amide bonds. The van der Waals surface area contributed by atoms with E-state index in [2.05, 4.69) is 10.1 Å². The van der Waals surface area contributed by atoms with Crippen molar-refractivity contribution in [3.63, 3.8) is 0 Å². The highest BCUT2D eigenvalue weighted by Gasteiger charge is 2.16. The van der Waals surface area contributed by atoms with Gasteiger partial charge in [-0.1, -0.05) is 76.5 Å². The average molecular weight is 474 g/mol. The lowest BCUT2D eigenvalue weighted by atomic mass is 10.1. The Kier molecular flexibility index (Phi) is 6.36. The summed E-state index contributed by atoms with van der Waals surface area (Å²) in [7, 11) is 0. The van der Waals surface area contributed by atoms with Crippen LogP contribution in [0.1, 0.15) is 16.9 Å². The van der Waals surface area contributed by atoms with Crippen molar-refractivity contribution in [2.24, 2.45) is 0 Å². The second-order valence-corrected chi connectivity index (χ2v) is 8.62. The van der Waals surface area contributed by atoms with Crippen molar-refractivity contribution in [1.82, 2.24) is 14.7 Å². The van der Waals surface area contributed by atoms with Crippen molar-refractivity contribution in [1.29, 1.82) is 0 Å².